The van der Waals surface area contributed by atoms with Crippen molar-refractivity contribution in [2.45, 2.75) is 0 Å². The average Bonchev–Trinajstić information content (AvgIpc) is 2.82. The van der Waals surface area contributed by atoms with Gasteiger partial charge in [-0.25, -0.2) is 9.67 Å². The fourth-order valence-electron chi connectivity index (χ4n) is 2.64. The molecule has 21 heavy (non-hydrogen) atoms. The van der Waals surface area contributed by atoms with E-state index in [1.165, 1.54) is 0 Å². The molecule has 0 aliphatic rings. The Morgan fingerprint density at radius 2 is 1.81 bits per heavy atom. The van der Waals surface area contributed by atoms with Gasteiger partial charge in [0.2, 0.25) is 0 Å². The fourth-order valence-corrected chi connectivity index (χ4v) is 2.64. The van der Waals surface area contributed by atoms with Crippen molar-refractivity contribution in [1.82, 2.24) is 14.8 Å². The summed E-state index contributed by atoms with van der Waals surface area (Å²) in [6.07, 6.45) is 0. The van der Waals surface area contributed by atoms with E-state index < -0.39 is 0 Å². The Labute approximate surface area is 121 Å². The monoisotopic (exact) mass is 275 g/mol. The molecule has 4 heteroatoms. The lowest BCUT2D eigenvalue weighted by Crippen LogP contribution is -1.92. The summed E-state index contributed by atoms with van der Waals surface area (Å²) in [5.74, 6) is 0.244. The molecule has 1 N–H and O–H groups in total. The van der Waals surface area contributed by atoms with Gasteiger partial charge in [0.1, 0.15) is 11.4 Å². The van der Waals surface area contributed by atoms with E-state index in [0.29, 0.717) is 0 Å². The quantitative estimate of drug-likeness (QED) is 0.578. The van der Waals surface area contributed by atoms with Gasteiger partial charge in [-0.1, -0.05) is 30.3 Å². The number of hydrogen-bond donors (Lipinski definition) is 1. The maximum Gasteiger partial charge on any atom is 0.158 e. The highest BCUT2D eigenvalue weighted by Crippen LogP contribution is 2.30. The number of fused-ring (bicyclic) bond motifs is 2. The molecule has 0 saturated heterocycles. The predicted molar refractivity (Wildman–Crippen MR) is 83.1 cm³/mol. The third-order valence-electron chi connectivity index (χ3n) is 3.64. The van der Waals surface area contributed by atoms with Crippen LogP contribution in [0, 0.1) is 0 Å². The molecule has 4 aromatic rings. The Morgan fingerprint density at radius 3 is 2.62 bits per heavy atom. The molecule has 0 radical (unpaired) electrons. The third-order valence-corrected chi connectivity index (χ3v) is 3.64. The summed E-state index contributed by atoms with van der Waals surface area (Å²) in [6, 6.07) is 17.3. The van der Waals surface area contributed by atoms with Crippen LogP contribution in [-0.2, 0) is 7.05 Å². The Balaban J connectivity index is 2.09. The number of hydrogen-bond acceptors (Lipinski definition) is 3. The summed E-state index contributed by atoms with van der Waals surface area (Å²) in [5.41, 5.74) is 3.66. The lowest BCUT2D eigenvalue weighted by molar-refractivity contribution is 0.476. The maximum absolute atomic E-state index is 9.65. The average molecular weight is 275 g/mol. The van der Waals surface area contributed by atoms with Gasteiger partial charge in [-0.2, -0.15) is 5.10 Å². The van der Waals surface area contributed by atoms with E-state index in [-0.39, 0.29) is 5.75 Å². The minimum atomic E-state index is 0.244. The smallest absolute Gasteiger partial charge is 0.158 e. The zero-order valence-electron chi connectivity index (χ0n) is 11.5. The Bertz CT molecular complexity index is 958. The molecule has 2 aromatic heterocycles. The van der Waals surface area contributed by atoms with Gasteiger partial charge in [0.25, 0.3) is 0 Å². The summed E-state index contributed by atoms with van der Waals surface area (Å²) in [6.45, 7) is 0. The second-order valence-electron chi connectivity index (χ2n) is 5.07. The zero-order chi connectivity index (χ0) is 14.4. The number of aromatic nitrogens is 3. The number of phenolic OH excluding ortho intramolecular Hbond substituents is 1. The van der Waals surface area contributed by atoms with Gasteiger partial charge in [-0.3, -0.25) is 0 Å². The van der Waals surface area contributed by atoms with Crippen LogP contribution >= 0.6 is 0 Å². The number of benzene rings is 2. The van der Waals surface area contributed by atoms with E-state index in [9.17, 15) is 5.11 Å². The van der Waals surface area contributed by atoms with Crippen molar-refractivity contribution in [2.75, 3.05) is 0 Å². The van der Waals surface area contributed by atoms with Crippen LogP contribution in [0.4, 0.5) is 0 Å². The lowest BCUT2D eigenvalue weighted by Gasteiger charge is -2.01. The SMILES string of the molecule is Cn1nc(-c2ccccc2)c2cc3cc(O)ccc3nc21. The van der Waals surface area contributed by atoms with Crippen molar-refractivity contribution in [3.8, 4) is 17.0 Å². The van der Waals surface area contributed by atoms with E-state index in [0.717, 1.165) is 33.2 Å². The zero-order valence-corrected chi connectivity index (χ0v) is 11.5. The summed E-state index contributed by atoms with van der Waals surface area (Å²) < 4.78 is 1.80. The van der Waals surface area contributed by atoms with Crippen molar-refractivity contribution in [1.29, 1.82) is 0 Å². The van der Waals surface area contributed by atoms with Gasteiger partial charge in [-0.15, -0.1) is 0 Å². The largest absolute Gasteiger partial charge is 0.508 e. The van der Waals surface area contributed by atoms with Crippen LogP contribution in [0.5, 0.6) is 5.75 Å². The second-order valence-corrected chi connectivity index (χ2v) is 5.07. The summed E-state index contributed by atoms with van der Waals surface area (Å²) in [5, 5.41) is 16.1. The van der Waals surface area contributed by atoms with Crippen molar-refractivity contribution >= 4 is 21.9 Å². The van der Waals surface area contributed by atoms with Crippen molar-refractivity contribution in [3.05, 3.63) is 54.6 Å². The van der Waals surface area contributed by atoms with Crippen LogP contribution in [0.3, 0.4) is 0 Å². The highest BCUT2D eigenvalue weighted by molar-refractivity contribution is 5.99. The fraction of sp³-hybridized carbons (Fsp3) is 0.0588. The van der Waals surface area contributed by atoms with Crippen molar-refractivity contribution < 1.29 is 5.11 Å². The molecule has 4 nitrogen and oxygen atoms in total. The first-order valence-electron chi connectivity index (χ1n) is 6.74. The molecular weight excluding hydrogens is 262 g/mol. The Hall–Kier alpha value is -2.88. The minimum absolute atomic E-state index is 0.244. The van der Waals surface area contributed by atoms with E-state index in [1.54, 1.807) is 16.8 Å². The molecular formula is C17H13N3O. The molecule has 0 spiro atoms. The standard InChI is InChI=1S/C17H13N3O/c1-20-17-14(16(19-20)11-5-3-2-4-6-11)10-12-9-13(21)7-8-15(12)18-17/h2-10,21H,1H3. The van der Waals surface area contributed by atoms with Crippen LogP contribution in [-0.4, -0.2) is 19.9 Å². The van der Waals surface area contributed by atoms with Crippen LogP contribution in [0.15, 0.2) is 54.6 Å². The predicted octanol–water partition coefficient (Wildman–Crippen LogP) is 3.49. The Morgan fingerprint density at radius 1 is 1.00 bits per heavy atom. The summed E-state index contributed by atoms with van der Waals surface area (Å²) >= 11 is 0. The number of phenols is 1. The van der Waals surface area contributed by atoms with Crippen LogP contribution in [0.25, 0.3) is 33.2 Å². The van der Waals surface area contributed by atoms with E-state index >= 15 is 0 Å². The number of rotatable bonds is 1. The number of aromatic hydroxyl groups is 1. The highest BCUT2D eigenvalue weighted by atomic mass is 16.3. The first-order valence-corrected chi connectivity index (χ1v) is 6.74. The molecule has 0 bridgehead atoms. The van der Waals surface area contributed by atoms with Crippen LogP contribution in [0.1, 0.15) is 0 Å². The molecule has 0 unspecified atom stereocenters. The maximum atomic E-state index is 9.65. The summed E-state index contributed by atoms with van der Waals surface area (Å²) in [7, 11) is 1.90. The third kappa shape index (κ3) is 1.84. The first kappa shape index (κ1) is 11.9. The van der Waals surface area contributed by atoms with E-state index in [2.05, 4.69) is 10.1 Å². The number of pyridine rings is 1. The second kappa shape index (κ2) is 4.31. The molecule has 0 aliphatic carbocycles. The van der Waals surface area contributed by atoms with Gasteiger partial charge in [0, 0.05) is 23.4 Å². The molecule has 0 amide bonds. The van der Waals surface area contributed by atoms with Crippen LogP contribution in [0.2, 0.25) is 0 Å². The van der Waals surface area contributed by atoms with E-state index in [1.807, 2.05) is 49.5 Å². The van der Waals surface area contributed by atoms with E-state index in [4.69, 9.17) is 0 Å². The number of nitrogens with zero attached hydrogens (tertiary/aromatic N) is 3. The molecule has 2 aromatic carbocycles. The molecule has 2 heterocycles. The number of aryl methyl sites for hydroxylation is 1. The van der Waals surface area contributed by atoms with Crippen LogP contribution < -0.4 is 0 Å². The normalized spacial score (nSPS) is 11.3. The van der Waals surface area contributed by atoms with Crippen molar-refractivity contribution in [2.24, 2.45) is 7.05 Å². The lowest BCUT2D eigenvalue weighted by atomic mass is 10.1. The molecule has 0 atom stereocenters. The van der Waals surface area contributed by atoms with Gasteiger partial charge in [-0.05, 0) is 24.3 Å². The molecule has 0 fully saturated rings. The summed E-state index contributed by atoms with van der Waals surface area (Å²) in [4.78, 5) is 4.65. The molecule has 102 valence electrons. The molecule has 0 aliphatic heterocycles. The minimum Gasteiger partial charge on any atom is -0.508 e. The van der Waals surface area contributed by atoms with Crippen molar-refractivity contribution in [3.63, 3.8) is 0 Å². The molecule has 0 saturated carbocycles. The topological polar surface area (TPSA) is 50.9 Å². The molecule has 4 rings (SSSR count). The van der Waals surface area contributed by atoms with Gasteiger partial charge < -0.3 is 5.11 Å². The van der Waals surface area contributed by atoms with Gasteiger partial charge in [0.15, 0.2) is 5.65 Å². The van der Waals surface area contributed by atoms with Gasteiger partial charge in [0.05, 0.1) is 5.52 Å². The Kier molecular flexibility index (Phi) is 2.44. The highest BCUT2D eigenvalue weighted by Gasteiger charge is 2.12. The van der Waals surface area contributed by atoms with Gasteiger partial charge >= 0.3 is 0 Å². The first-order chi connectivity index (χ1) is 10.2.